The van der Waals surface area contributed by atoms with Crippen LogP contribution in [0.1, 0.15) is 21.6 Å². The highest BCUT2D eigenvalue weighted by Gasteiger charge is 2.05. The van der Waals surface area contributed by atoms with Crippen LogP contribution in [0, 0.1) is 6.92 Å². The van der Waals surface area contributed by atoms with Gasteiger partial charge in [0.25, 0.3) is 0 Å². The normalized spacial score (nSPS) is 10.2. The topological polar surface area (TPSA) is 44.1 Å². The number of nitrogens with zero attached hydrogens (tertiary/aromatic N) is 2. The molecular weight excluding hydrogens is 216 g/mol. The van der Waals surface area contributed by atoms with Crippen molar-refractivity contribution in [1.29, 1.82) is 0 Å². The number of ether oxygens (including phenoxy) is 1. The number of carbonyl (C=O) groups is 1. The van der Waals surface area contributed by atoms with E-state index in [4.69, 9.17) is 4.74 Å². The summed E-state index contributed by atoms with van der Waals surface area (Å²) in [6.07, 6.45) is 4.27. The van der Waals surface area contributed by atoms with Gasteiger partial charge in [-0.25, -0.2) is 4.98 Å². The number of hydrogen-bond acceptors (Lipinski definition) is 3. The maximum Gasteiger partial charge on any atom is 0.153 e. The first-order valence-corrected chi connectivity index (χ1v) is 5.34. The van der Waals surface area contributed by atoms with Crippen molar-refractivity contribution < 1.29 is 9.53 Å². The molecule has 0 atom stereocenters. The molecule has 0 bridgehead atoms. The quantitative estimate of drug-likeness (QED) is 0.756. The van der Waals surface area contributed by atoms with E-state index in [9.17, 15) is 4.79 Å². The van der Waals surface area contributed by atoms with E-state index in [2.05, 4.69) is 4.98 Å². The summed E-state index contributed by atoms with van der Waals surface area (Å²) in [6, 6.07) is 5.55. The first-order chi connectivity index (χ1) is 8.20. The molecule has 0 saturated heterocycles. The van der Waals surface area contributed by atoms with Crippen LogP contribution in [0.5, 0.6) is 5.75 Å². The maximum atomic E-state index is 10.9. The van der Waals surface area contributed by atoms with Crippen molar-refractivity contribution in [1.82, 2.24) is 9.55 Å². The lowest BCUT2D eigenvalue weighted by Gasteiger charge is -2.09. The summed E-state index contributed by atoms with van der Waals surface area (Å²) >= 11 is 0. The highest BCUT2D eigenvalue weighted by Crippen LogP contribution is 2.19. The number of benzene rings is 1. The highest BCUT2D eigenvalue weighted by atomic mass is 16.5. The van der Waals surface area contributed by atoms with Gasteiger partial charge in [0.05, 0.1) is 23.8 Å². The Morgan fingerprint density at radius 1 is 1.47 bits per heavy atom. The molecule has 1 aromatic heterocycles. The van der Waals surface area contributed by atoms with Crippen molar-refractivity contribution in [2.75, 3.05) is 0 Å². The fourth-order valence-corrected chi connectivity index (χ4v) is 1.57. The van der Waals surface area contributed by atoms with Gasteiger partial charge in [0, 0.05) is 7.05 Å². The van der Waals surface area contributed by atoms with Crippen LogP contribution in [0.3, 0.4) is 0 Å². The first-order valence-electron chi connectivity index (χ1n) is 5.34. The van der Waals surface area contributed by atoms with Crippen molar-refractivity contribution >= 4 is 6.29 Å². The van der Waals surface area contributed by atoms with E-state index in [1.54, 1.807) is 12.5 Å². The van der Waals surface area contributed by atoms with Crippen LogP contribution in [-0.4, -0.2) is 15.8 Å². The van der Waals surface area contributed by atoms with Gasteiger partial charge in [-0.15, -0.1) is 0 Å². The van der Waals surface area contributed by atoms with Crippen LogP contribution in [0.4, 0.5) is 0 Å². The molecule has 2 rings (SSSR count). The molecule has 0 aliphatic heterocycles. The minimum atomic E-state index is 0.403. The summed E-state index contributed by atoms with van der Waals surface area (Å²) in [5, 5.41) is 0. The molecule has 0 aliphatic rings. The number of aryl methyl sites for hydroxylation is 2. The number of aromatic nitrogens is 2. The Bertz CT molecular complexity index is 532. The largest absolute Gasteiger partial charge is 0.487 e. The lowest BCUT2D eigenvalue weighted by atomic mass is 10.1. The fraction of sp³-hybridized carbons (Fsp3) is 0.231. The van der Waals surface area contributed by atoms with Crippen LogP contribution in [0.25, 0.3) is 0 Å². The van der Waals surface area contributed by atoms with Gasteiger partial charge in [0.15, 0.2) is 6.29 Å². The Hall–Kier alpha value is -2.10. The fourth-order valence-electron chi connectivity index (χ4n) is 1.57. The van der Waals surface area contributed by atoms with Gasteiger partial charge in [-0.2, -0.15) is 0 Å². The van der Waals surface area contributed by atoms with Crippen molar-refractivity contribution in [3.8, 4) is 5.75 Å². The van der Waals surface area contributed by atoms with Gasteiger partial charge in [0.2, 0.25) is 0 Å². The molecule has 0 radical (unpaired) electrons. The van der Waals surface area contributed by atoms with Crippen molar-refractivity contribution in [2.45, 2.75) is 13.5 Å². The second-order valence-corrected chi connectivity index (χ2v) is 3.94. The molecule has 0 unspecified atom stereocenters. The molecule has 1 aromatic carbocycles. The van der Waals surface area contributed by atoms with Gasteiger partial charge in [-0.05, 0) is 19.1 Å². The van der Waals surface area contributed by atoms with Gasteiger partial charge in [0.1, 0.15) is 12.4 Å². The Balaban J connectivity index is 2.14. The van der Waals surface area contributed by atoms with E-state index in [-0.39, 0.29) is 0 Å². The molecule has 0 spiro atoms. The maximum absolute atomic E-state index is 10.9. The zero-order valence-corrected chi connectivity index (χ0v) is 9.88. The van der Waals surface area contributed by atoms with Crippen molar-refractivity contribution in [2.24, 2.45) is 7.05 Å². The van der Waals surface area contributed by atoms with Crippen LogP contribution in [0.15, 0.2) is 30.7 Å². The van der Waals surface area contributed by atoms with Crippen LogP contribution >= 0.6 is 0 Å². The predicted molar refractivity (Wildman–Crippen MR) is 64.1 cm³/mol. The number of aldehydes is 1. The summed E-state index contributed by atoms with van der Waals surface area (Å²) in [6.45, 7) is 2.35. The van der Waals surface area contributed by atoms with Crippen LogP contribution in [0.2, 0.25) is 0 Å². The summed E-state index contributed by atoms with van der Waals surface area (Å²) in [4.78, 5) is 14.9. The Morgan fingerprint density at radius 3 is 2.94 bits per heavy atom. The molecular formula is C13H14N2O2. The van der Waals surface area contributed by atoms with Crippen LogP contribution in [-0.2, 0) is 13.7 Å². The number of rotatable bonds is 4. The molecule has 2 aromatic rings. The van der Waals surface area contributed by atoms with Crippen LogP contribution < -0.4 is 4.74 Å². The monoisotopic (exact) mass is 230 g/mol. The average Bonchev–Trinajstić information content (AvgIpc) is 2.73. The van der Waals surface area contributed by atoms with Gasteiger partial charge < -0.3 is 9.30 Å². The van der Waals surface area contributed by atoms with Gasteiger partial charge in [-0.1, -0.05) is 11.6 Å². The first kappa shape index (κ1) is 11.4. The number of imidazole rings is 1. The lowest BCUT2D eigenvalue weighted by Crippen LogP contribution is -2.02. The Morgan fingerprint density at radius 2 is 2.29 bits per heavy atom. The Labute approximate surface area is 99.9 Å². The zero-order valence-electron chi connectivity index (χ0n) is 9.88. The smallest absolute Gasteiger partial charge is 0.153 e. The molecule has 0 fully saturated rings. The molecule has 88 valence electrons. The zero-order chi connectivity index (χ0) is 12.3. The third-order valence-electron chi connectivity index (χ3n) is 2.58. The lowest BCUT2D eigenvalue weighted by molar-refractivity contribution is 0.111. The minimum absolute atomic E-state index is 0.403. The van der Waals surface area contributed by atoms with E-state index in [1.165, 1.54) is 0 Å². The molecule has 1 heterocycles. The minimum Gasteiger partial charge on any atom is -0.487 e. The van der Waals surface area contributed by atoms with E-state index in [1.807, 2.05) is 36.7 Å². The second-order valence-electron chi connectivity index (χ2n) is 3.94. The summed E-state index contributed by atoms with van der Waals surface area (Å²) in [5.41, 5.74) is 2.58. The molecule has 0 saturated carbocycles. The van der Waals surface area contributed by atoms with E-state index in [0.717, 1.165) is 17.5 Å². The summed E-state index contributed by atoms with van der Waals surface area (Å²) < 4.78 is 7.50. The molecule has 0 amide bonds. The second kappa shape index (κ2) is 4.82. The molecule has 4 nitrogen and oxygen atoms in total. The number of carbonyl (C=O) groups excluding carboxylic acids is 1. The average molecular weight is 230 g/mol. The highest BCUT2D eigenvalue weighted by molar-refractivity contribution is 5.79. The van der Waals surface area contributed by atoms with Gasteiger partial charge >= 0.3 is 0 Å². The predicted octanol–water partition coefficient (Wildman–Crippen LogP) is 2.12. The number of hydrogen-bond donors (Lipinski definition) is 0. The van der Waals surface area contributed by atoms with E-state index < -0.39 is 0 Å². The van der Waals surface area contributed by atoms with Crippen molar-refractivity contribution in [3.63, 3.8) is 0 Å². The standard InChI is InChI=1S/C13H14N2O2/c1-10-3-4-13(11(5-10)7-16)17-8-12-6-14-9-15(12)2/h3-7,9H,8H2,1-2H3. The molecule has 4 heteroatoms. The third kappa shape index (κ3) is 2.53. The SMILES string of the molecule is Cc1ccc(OCc2cncn2C)c(C=O)c1. The molecule has 0 N–H and O–H groups in total. The summed E-state index contributed by atoms with van der Waals surface area (Å²) in [7, 11) is 1.90. The molecule has 17 heavy (non-hydrogen) atoms. The van der Waals surface area contributed by atoms with Crippen molar-refractivity contribution in [3.05, 3.63) is 47.5 Å². The van der Waals surface area contributed by atoms with Gasteiger partial charge in [-0.3, -0.25) is 4.79 Å². The third-order valence-corrected chi connectivity index (χ3v) is 2.58. The van der Waals surface area contributed by atoms with E-state index in [0.29, 0.717) is 17.9 Å². The molecule has 0 aliphatic carbocycles. The van der Waals surface area contributed by atoms with E-state index >= 15 is 0 Å². The summed E-state index contributed by atoms with van der Waals surface area (Å²) in [5.74, 6) is 0.604. The Kier molecular flexibility index (Phi) is 3.23.